The molecule has 0 radical (unpaired) electrons. The standard InChI is InChI=1S/C10H11N3O/c1-12-7-10(14)13-9-4-2-3-8(5-9)6-11/h2-5,12H,7H2,1H3,(H,13,14). The van der Waals surface area contributed by atoms with E-state index in [-0.39, 0.29) is 12.5 Å². The molecule has 72 valence electrons. The molecule has 0 atom stereocenters. The lowest BCUT2D eigenvalue weighted by molar-refractivity contribution is -0.115. The van der Waals surface area contributed by atoms with Gasteiger partial charge in [-0.25, -0.2) is 0 Å². The Morgan fingerprint density at radius 3 is 3.00 bits per heavy atom. The monoisotopic (exact) mass is 189 g/mol. The maximum atomic E-state index is 11.2. The molecule has 0 bridgehead atoms. The van der Waals surface area contributed by atoms with Gasteiger partial charge in [0.1, 0.15) is 0 Å². The van der Waals surface area contributed by atoms with Gasteiger partial charge in [-0.15, -0.1) is 0 Å². The first kappa shape index (κ1) is 10.2. The van der Waals surface area contributed by atoms with Gasteiger partial charge in [-0.05, 0) is 25.2 Å². The van der Waals surface area contributed by atoms with E-state index in [0.29, 0.717) is 11.3 Å². The smallest absolute Gasteiger partial charge is 0.238 e. The van der Waals surface area contributed by atoms with Gasteiger partial charge in [0, 0.05) is 5.69 Å². The molecule has 0 saturated carbocycles. The molecule has 1 rings (SSSR count). The molecule has 0 spiro atoms. The van der Waals surface area contributed by atoms with Gasteiger partial charge in [-0.1, -0.05) is 6.07 Å². The predicted octanol–water partition coefficient (Wildman–Crippen LogP) is 0.716. The molecular formula is C10H11N3O. The second-order valence-electron chi connectivity index (χ2n) is 2.77. The third kappa shape index (κ3) is 2.88. The summed E-state index contributed by atoms with van der Waals surface area (Å²) in [5.74, 6) is -0.123. The molecule has 0 aromatic heterocycles. The Labute approximate surface area is 82.5 Å². The number of anilines is 1. The molecular weight excluding hydrogens is 178 g/mol. The van der Waals surface area contributed by atoms with Gasteiger partial charge < -0.3 is 10.6 Å². The number of benzene rings is 1. The fraction of sp³-hybridized carbons (Fsp3) is 0.200. The van der Waals surface area contributed by atoms with Crippen LogP contribution in [0, 0.1) is 11.3 Å². The van der Waals surface area contributed by atoms with Gasteiger partial charge in [-0.3, -0.25) is 4.79 Å². The second-order valence-corrected chi connectivity index (χ2v) is 2.77. The normalized spacial score (nSPS) is 9.14. The van der Waals surface area contributed by atoms with Crippen LogP contribution in [-0.2, 0) is 4.79 Å². The van der Waals surface area contributed by atoms with Crippen molar-refractivity contribution in [1.29, 1.82) is 5.26 Å². The number of hydrogen-bond acceptors (Lipinski definition) is 3. The molecule has 1 aromatic rings. The fourth-order valence-electron chi connectivity index (χ4n) is 1.03. The van der Waals surface area contributed by atoms with Crippen molar-refractivity contribution >= 4 is 11.6 Å². The number of hydrogen-bond donors (Lipinski definition) is 2. The zero-order valence-corrected chi connectivity index (χ0v) is 7.87. The molecule has 0 aliphatic carbocycles. The molecule has 1 aromatic carbocycles. The zero-order chi connectivity index (χ0) is 10.4. The summed E-state index contributed by atoms with van der Waals surface area (Å²) in [7, 11) is 1.70. The zero-order valence-electron chi connectivity index (χ0n) is 7.87. The lowest BCUT2D eigenvalue weighted by atomic mass is 10.2. The minimum atomic E-state index is -0.123. The van der Waals surface area contributed by atoms with Crippen LogP contribution in [0.4, 0.5) is 5.69 Å². The highest BCUT2D eigenvalue weighted by Gasteiger charge is 2.00. The average Bonchev–Trinajstić information content (AvgIpc) is 2.18. The average molecular weight is 189 g/mol. The Bertz CT molecular complexity index is 368. The SMILES string of the molecule is CNCC(=O)Nc1cccc(C#N)c1. The maximum absolute atomic E-state index is 11.2. The third-order valence-corrected chi connectivity index (χ3v) is 1.61. The number of nitriles is 1. The molecule has 0 aliphatic rings. The van der Waals surface area contributed by atoms with Gasteiger partial charge in [0.2, 0.25) is 5.91 Å². The van der Waals surface area contributed by atoms with E-state index in [2.05, 4.69) is 10.6 Å². The van der Waals surface area contributed by atoms with Crippen LogP contribution >= 0.6 is 0 Å². The van der Waals surface area contributed by atoms with E-state index >= 15 is 0 Å². The Morgan fingerprint density at radius 2 is 2.36 bits per heavy atom. The Kier molecular flexibility index (Phi) is 3.65. The summed E-state index contributed by atoms with van der Waals surface area (Å²) < 4.78 is 0. The molecule has 0 fully saturated rings. The molecule has 4 nitrogen and oxygen atoms in total. The summed E-state index contributed by atoms with van der Waals surface area (Å²) in [6, 6.07) is 8.80. The van der Waals surface area contributed by atoms with Crippen molar-refractivity contribution in [2.24, 2.45) is 0 Å². The highest BCUT2D eigenvalue weighted by Crippen LogP contribution is 2.08. The van der Waals surface area contributed by atoms with Crippen LogP contribution < -0.4 is 10.6 Å². The number of amides is 1. The van der Waals surface area contributed by atoms with E-state index in [1.54, 1.807) is 31.3 Å². The molecule has 14 heavy (non-hydrogen) atoms. The first-order valence-corrected chi connectivity index (χ1v) is 4.21. The van der Waals surface area contributed by atoms with E-state index in [1.807, 2.05) is 6.07 Å². The van der Waals surface area contributed by atoms with E-state index in [4.69, 9.17) is 5.26 Å². The van der Waals surface area contributed by atoms with Crippen molar-refractivity contribution in [3.8, 4) is 6.07 Å². The summed E-state index contributed by atoms with van der Waals surface area (Å²) in [6.07, 6.45) is 0. The van der Waals surface area contributed by atoms with Crippen LogP contribution in [0.25, 0.3) is 0 Å². The van der Waals surface area contributed by atoms with Crippen molar-refractivity contribution in [3.05, 3.63) is 29.8 Å². The first-order valence-electron chi connectivity index (χ1n) is 4.21. The topological polar surface area (TPSA) is 64.9 Å². The van der Waals surface area contributed by atoms with Gasteiger partial charge in [0.25, 0.3) is 0 Å². The lowest BCUT2D eigenvalue weighted by Crippen LogP contribution is -2.25. The van der Waals surface area contributed by atoms with Crippen molar-refractivity contribution in [2.45, 2.75) is 0 Å². The summed E-state index contributed by atoms with van der Waals surface area (Å²) in [5.41, 5.74) is 1.18. The highest BCUT2D eigenvalue weighted by atomic mass is 16.1. The van der Waals surface area contributed by atoms with Crippen molar-refractivity contribution in [1.82, 2.24) is 5.32 Å². The Balaban J connectivity index is 2.68. The lowest BCUT2D eigenvalue weighted by Gasteiger charge is -2.04. The van der Waals surface area contributed by atoms with Crippen molar-refractivity contribution in [2.75, 3.05) is 18.9 Å². The highest BCUT2D eigenvalue weighted by molar-refractivity contribution is 5.92. The molecule has 1 amide bonds. The van der Waals surface area contributed by atoms with Crippen LogP contribution in [0.3, 0.4) is 0 Å². The summed E-state index contributed by atoms with van der Waals surface area (Å²) in [4.78, 5) is 11.2. The van der Waals surface area contributed by atoms with E-state index in [0.717, 1.165) is 0 Å². The quantitative estimate of drug-likeness (QED) is 0.736. The van der Waals surface area contributed by atoms with Crippen LogP contribution in [0.5, 0.6) is 0 Å². The minimum absolute atomic E-state index is 0.123. The number of carbonyl (C=O) groups excluding carboxylic acids is 1. The molecule has 0 unspecified atom stereocenters. The van der Waals surface area contributed by atoms with E-state index in [9.17, 15) is 4.79 Å². The molecule has 0 aliphatic heterocycles. The van der Waals surface area contributed by atoms with Gasteiger partial charge in [0.05, 0.1) is 18.2 Å². The number of rotatable bonds is 3. The summed E-state index contributed by atoms with van der Waals surface area (Å²) in [5, 5.41) is 14.0. The Hall–Kier alpha value is -1.86. The molecule has 2 N–H and O–H groups in total. The van der Waals surface area contributed by atoms with Gasteiger partial charge in [-0.2, -0.15) is 5.26 Å². The van der Waals surface area contributed by atoms with Crippen molar-refractivity contribution in [3.63, 3.8) is 0 Å². The maximum Gasteiger partial charge on any atom is 0.238 e. The van der Waals surface area contributed by atoms with E-state index in [1.165, 1.54) is 0 Å². The Morgan fingerprint density at radius 1 is 1.57 bits per heavy atom. The van der Waals surface area contributed by atoms with Crippen LogP contribution in [0.15, 0.2) is 24.3 Å². The van der Waals surface area contributed by atoms with Crippen LogP contribution in [-0.4, -0.2) is 19.5 Å². The van der Waals surface area contributed by atoms with E-state index < -0.39 is 0 Å². The predicted molar refractivity (Wildman–Crippen MR) is 53.7 cm³/mol. The van der Waals surface area contributed by atoms with Gasteiger partial charge >= 0.3 is 0 Å². The first-order chi connectivity index (χ1) is 6.76. The van der Waals surface area contributed by atoms with Crippen molar-refractivity contribution < 1.29 is 4.79 Å². The minimum Gasteiger partial charge on any atom is -0.325 e. The number of nitrogens with zero attached hydrogens (tertiary/aromatic N) is 1. The second kappa shape index (κ2) is 5.00. The van der Waals surface area contributed by atoms with Gasteiger partial charge in [0.15, 0.2) is 0 Å². The number of carbonyl (C=O) groups is 1. The molecule has 0 heterocycles. The van der Waals surface area contributed by atoms with Crippen LogP contribution in [0.2, 0.25) is 0 Å². The third-order valence-electron chi connectivity index (χ3n) is 1.61. The number of likely N-dealkylation sites (N-methyl/N-ethyl adjacent to an activating group) is 1. The molecule has 4 heteroatoms. The summed E-state index contributed by atoms with van der Waals surface area (Å²) >= 11 is 0. The fourth-order valence-corrected chi connectivity index (χ4v) is 1.03. The van der Waals surface area contributed by atoms with Crippen LogP contribution in [0.1, 0.15) is 5.56 Å². The number of nitrogens with one attached hydrogen (secondary N) is 2. The summed E-state index contributed by atoms with van der Waals surface area (Å²) in [6.45, 7) is 0.261. The molecule has 0 saturated heterocycles. The largest absolute Gasteiger partial charge is 0.325 e.